The molecule has 3 heteroatoms. The van der Waals surface area contributed by atoms with Crippen molar-refractivity contribution in [2.75, 3.05) is 0 Å². The Bertz CT molecular complexity index is 819. The third-order valence-corrected chi connectivity index (χ3v) is 7.49. The van der Waals surface area contributed by atoms with E-state index in [-0.39, 0.29) is 17.2 Å². The van der Waals surface area contributed by atoms with Gasteiger partial charge in [-0.1, -0.05) is 55.7 Å². The Morgan fingerprint density at radius 3 is 1.76 bits per heavy atom. The standard InChI is InChI=1S/C26H29O2S/c1-21(27-22-11-5-2-6-12-22)28-23-17-19-26(20-18-23)29(24-13-7-3-8-14-24)25-15-9-4-10-16-25/h3-4,7-10,13-22H,2,5-6,11-12H2,1H3/q+1. The molecule has 0 aliphatic heterocycles. The van der Waals surface area contributed by atoms with Gasteiger partial charge in [0.15, 0.2) is 21.0 Å². The Morgan fingerprint density at radius 2 is 1.21 bits per heavy atom. The third kappa shape index (κ3) is 5.43. The predicted molar refractivity (Wildman–Crippen MR) is 120 cm³/mol. The van der Waals surface area contributed by atoms with Crippen LogP contribution in [0, 0.1) is 0 Å². The van der Waals surface area contributed by atoms with E-state index in [2.05, 4.69) is 84.9 Å². The molecule has 3 aromatic carbocycles. The van der Waals surface area contributed by atoms with Crippen molar-refractivity contribution < 1.29 is 9.47 Å². The van der Waals surface area contributed by atoms with Crippen LogP contribution < -0.4 is 4.74 Å². The van der Waals surface area contributed by atoms with Gasteiger partial charge in [0.05, 0.1) is 17.0 Å². The van der Waals surface area contributed by atoms with Crippen molar-refractivity contribution in [2.24, 2.45) is 0 Å². The van der Waals surface area contributed by atoms with E-state index in [1.54, 1.807) is 0 Å². The minimum Gasteiger partial charge on any atom is -0.465 e. The molecule has 1 fully saturated rings. The molecule has 0 radical (unpaired) electrons. The second kappa shape index (κ2) is 10.00. The second-order valence-corrected chi connectivity index (χ2v) is 9.51. The second-order valence-electron chi connectivity index (χ2n) is 7.49. The molecule has 0 heterocycles. The first-order chi connectivity index (χ1) is 14.3. The Balaban J connectivity index is 1.48. The fourth-order valence-corrected chi connectivity index (χ4v) is 5.95. The molecule has 1 atom stereocenters. The van der Waals surface area contributed by atoms with Gasteiger partial charge < -0.3 is 9.47 Å². The molecule has 150 valence electrons. The summed E-state index contributed by atoms with van der Waals surface area (Å²) in [4.78, 5) is 3.93. The molecule has 1 aliphatic carbocycles. The molecule has 4 rings (SSSR count). The molecule has 0 bridgehead atoms. The molecule has 0 spiro atoms. The first-order valence-corrected chi connectivity index (χ1v) is 11.8. The Labute approximate surface area is 177 Å². The van der Waals surface area contributed by atoms with Crippen molar-refractivity contribution >= 4 is 10.9 Å². The van der Waals surface area contributed by atoms with E-state index in [1.807, 2.05) is 6.92 Å². The van der Waals surface area contributed by atoms with Gasteiger partial charge in [0.25, 0.3) is 0 Å². The van der Waals surface area contributed by atoms with Crippen LogP contribution in [0.4, 0.5) is 0 Å². The Kier molecular flexibility index (Phi) is 6.91. The first-order valence-electron chi connectivity index (χ1n) is 10.6. The SMILES string of the molecule is CC(Oc1ccc([S+](c2ccccc2)c2ccccc2)cc1)OC1CCCCC1. The van der Waals surface area contributed by atoms with Gasteiger partial charge in [0.1, 0.15) is 5.75 Å². The zero-order chi connectivity index (χ0) is 19.9. The molecular formula is C26H29O2S+. The van der Waals surface area contributed by atoms with Crippen molar-refractivity contribution in [1.82, 2.24) is 0 Å². The van der Waals surface area contributed by atoms with E-state index in [4.69, 9.17) is 9.47 Å². The van der Waals surface area contributed by atoms with Crippen LogP contribution in [0.5, 0.6) is 5.75 Å². The van der Waals surface area contributed by atoms with Crippen molar-refractivity contribution in [2.45, 2.75) is 66.1 Å². The normalized spacial score (nSPS) is 15.9. The van der Waals surface area contributed by atoms with E-state index < -0.39 is 0 Å². The van der Waals surface area contributed by atoms with Crippen LogP contribution in [0.3, 0.4) is 0 Å². The molecule has 0 amide bonds. The number of ether oxygens (including phenoxy) is 2. The van der Waals surface area contributed by atoms with Gasteiger partial charge in [0.2, 0.25) is 0 Å². The van der Waals surface area contributed by atoms with Crippen molar-refractivity contribution in [3.8, 4) is 5.75 Å². The number of hydrogen-bond acceptors (Lipinski definition) is 2. The van der Waals surface area contributed by atoms with Crippen LogP contribution in [0.25, 0.3) is 0 Å². The minimum atomic E-state index is -0.217. The topological polar surface area (TPSA) is 18.5 Å². The van der Waals surface area contributed by atoms with Gasteiger partial charge in [-0.25, -0.2) is 0 Å². The summed E-state index contributed by atoms with van der Waals surface area (Å²) in [6.45, 7) is 2.00. The van der Waals surface area contributed by atoms with E-state index in [1.165, 1.54) is 33.9 Å². The minimum absolute atomic E-state index is 0.128. The van der Waals surface area contributed by atoms with Gasteiger partial charge >= 0.3 is 0 Å². The Hall–Kier alpha value is -2.23. The summed E-state index contributed by atoms with van der Waals surface area (Å²) in [5.41, 5.74) is 0. The third-order valence-electron chi connectivity index (χ3n) is 5.26. The van der Waals surface area contributed by atoms with Crippen molar-refractivity contribution in [3.63, 3.8) is 0 Å². The summed E-state index contributed by atoms with van der Waals surface area (Å²) in [5, 5.41) is 0. The van der Waals surface area contributed by atoms with E-state index in [0.717, 1.165) is 18.6 Å². The fourth-order valence-electron chi connectivity index (χ4n) is 3.87. The van der Waals surface area contributed by atoms with Crippen LogP contribution >= 0.6 is 0 Å². The maximum Gasteiger partial charge on any atom is 0.197 e. The highest BCUT2D eigenvalue weighted by Gasteiger charge is 2.28. The molecule has 0 N–H and O–H groups in total. The van der Waals surface area contributed by atoms with Gasteiger partial charge in [-0.3, -0.25) is 0 Å². The predicted octanol–water partition coefficient (Wildman–Crippen LogP) is 6.86. The van der Waals surface area contributed by atoms with Crippen LogP contribution in [0.2, 0.25) is 0 Å². The molecule has 1 aliphatic rings. The fraction of sp³-hybridized carbons (Fsp3) is 0.308. The van der Waals surface area contributed by atoms with Crippen LogP contribution in [0.15, 0.2) is 99.6 Å². The number of rotatable bonds is 7. The van der Waals surface area contributed by atoms with Gasteiger partial charge in [-0.2, -0.15) is 0 Å². The quantitative estimate of drug-likeness (QED) is 0.316. The highest BCUT2D eigenvalue weighted by atomic mass is 32.2. The molecule has 3 aromatic rings. The van der Waals surface area contributed by atoms with E-state index in [0.29, 0.717) is 6.10 Å². The summed E-state index contributed by atoms with van der Waals surface area (Å²) in [5.74, 6) is 0.863. The maximum atomic E-state index is 6.09. The summed E-state index contributed by atoms with van der Waals surface area (Å²) < 4.78 is 12.1. The zero-order valence-corrected chi connectivity index (χ0v) is 17.8. The zero-order valence-electron chi connectivity index (χ0n) is 17.0. The summed E-state index contributed by atoms with van der Waals surface area (Å²) in [6, 6.07) is 29.9. The molecule has 1 saturated carbocycles. The summed E-state index contributed by atoms with van der Waals surface area (Å²) >= 11 is 0. The number of benzene rings is 3. The van der Waals surface area contributed by atoms with Gasteiger partial charge in [-0.15, -0.1) is 0 Å². The lowest BCUT2D eigenvalue weighted by Gasteiger charge is -2.26. The van der Waals surface area contributed by atoms with Crippen LogP contribution in [-0.4, -0.2) is 12.4 Å². The monoisotopic (exact) mass is 405 g/mol. The van der Waals surface area contributed by atoms with Gasteiger partial charge in [0, 0.05) is 0 Å². The summed E-state index contributed by atoms with van der Waals surface area (Å²) in [7, 11) is -0.128. The van der Waals surface area contributed by atoms with E-state index >= 15 is 0 Å². The first kappa shape index (κ1) is 20.1. The lowest BCUT2D eigenvalue weighted by molar-refractivity contribution is -0.116. The molecule has 0 aromatic heterocycles. The van der Waals surface area contributed by atoms with Crippen LogP contribution in [0.1, 0.15) is 39.0 Å². The lowest BCUT2D eigenvalue weighted by atomic mass is 9.98. The van der Waals surface area contributed by atoms with Gasteiger partial charge in [-0.05, 0) is 68.3 Å². The molecule has 2 nitrogen and oxygen atoms in total. The maximum absolute atomic E-state index is 6.09. The largest absolute Gasteiger partial charge is 0.465 e. The molecule has 29 heavy (non-hydrogen) atoms. The molecular weight excluding hydrogens is 376 g/mol. The number of hydrogen-bond donors (Lipinski definition) is 0. The van der Waals surface area contributed by atoms with Crippen molar-refractivity contribution in [3.05, 3.63) is 84.9 Å². The molecule has 0 saturated heterocycles. The smallest absolute Gasteiger partial charge is 0.197 e. The highest BCUT2D eigenvalue weighted by molar-refractivity contribution is 7.97. The van der Waals surface area contributed by atoms with Crippen molar-refractivity contribution in [1.29, 1.82) is 0 Å². The summed E-state index contributed by atoms with van der Waals surface area (Å²) in [6.07, 6.45) is 6.32. The average Bonchev–Trinajstić information content (AvgIpc) is 2.77. The molecule has 1 unspecified atom stereocenters. The Morgan fingerprint density at radius 1 is 0.690 bits per heavy atom. The highest BCUT2D eigenvalue weighted by Crippen LogP contribution is 2.32. The van der Waals surface area contributed by atoms with E-state index in [9.17, 15) is 0 Å². The lowest BCUT2D eigenvalue weighted by Crippen LogP contribution is -2.26. The van der Waals surface area contributed by atoms with Crippen LogP contribution in [-0.2, 0) is 15.6 Å². The average molecular weight is 406 g/mol.